The third-order valence-electron chi connectivity index (χ3n) is 6.91. The highest BCUT2D eigenvalue weighted by Crippen LogP contribution is 2.61. The van der Waals surface area contributed by atoms with Crippen molar-refractivity contribution in [3.63, 3.8) is 0 Å². The van der Waals surface area contributed by atoms with Gasteiger partial charge in [0.25, 0.3) is 12.5 Å². The van der Waals surface area contributed by atoms with Crippen molar-refractivity contribution in [2.24, 2.45) is 0 Å². The molecule has 0 saturated heterocycles. The van der Waals surface area contributed by atoms with Crippen molar-refractivity contribution in [3.05, 3.63) is 106 Å². The number of ether oxygens (including phenoxy) is 4. The van der Waals surface area contributed by atoms with Crippen molar-refractivity contribution in [1.82, 2.24) is 0 Å². The van der Waals surface area contributed by atoms with Gasteiger partial charge in [0.2, 0.25) is 5.41 Å². The molecule has 0 fully saturated rings. The molecule has 0 unspecified atom stereocenters. The molecule has 0 bridgehead atoms. The van der Waals surface area contributed by atoms with Crippen molar-refractivity contribution < 1.29 is 45.3 Å². The summed E-state index contributed by atoms with van der Waals surface area (Å²) in [5.41, 5.74) is -6.72. The number of halogens is 6. The van der Waals surface area contributed by atoms with Gasteiger partial charge in [0.1, 0.15) is 34.5 Å². The van der Waals surface area contributed by atoms with Crippen LogP contribution in [0.5, 0.6) is 34.5 Å². The predicted molar refractivity (Wildman–Crippen MR) is 150 cm³/mol. The Morgan fingerprint density at radius 1 is 0.511 bits per heavy atom. The maximum Gasteiger partial charge on any atom is 0.411 e. The van der Waals surface area contributed by atoms with Crippen LogP contribution in [0.4, 0.5) is 26.3 Å². The number of alkyl halides is 6. The van der Waals surface area contributed by atoms with E-state index in [1.807, 2.05) is 0 Å². The Hall–Kier alpha value is -5.36. The fourth-order valence-electron chi connectivity index (χ4n) is 5.15. The van der Waals surface area contributed by atoms with Crippen LogP contribution in [-0.2, 0) is 5.41 Å². The normalized spacial score (nSPS) is 11.7. The summed E-state index contributed by atoms with van der Waals surface area (Å²) in [7, 11) is 0. The van der Waals surface area contributed by atoms with E-state index in [2.05, 4.69) is 0 Å². The fourth-order valence-corrected chi connectivity index (χ4v) is 5.15. The van der Waals surface area contributed by atoms with Gasteiger partial charge in [-0.3, -0.25) is 0 Å². The molecule has 0 aliphatic heterocycles. The second-order valence-electron chi connectivity index (χ2n) is 10.2. The Kier molecular flexibility index (Phi) is 8.92. The van der Waals surface area contributed by atoms with Crippen LogP contribution in [0.1, 0.15) is 33.4 Å². The molecule has 0 aliphatic rings. The second kappa shape index (κ2) is 12.3. The minimum absolute atomic E-state index is 0.0140. The first-order valence-electron chi connectivity index (χ1n) is 13.2. The molecule has 0 aromatic heterocycles. The summed E-state index contributed by atoms with van der Waals surface area (Å²) in [4.78, 5) is 0. The molecular weight excluding hydrogens is 602 g/mol. The maximum atomic E-state index is 15.6. The highest BCUT2D eigenvalue weighted by atomic mass is 19.4. The molecule has 0 amide bonds. The molecule has 0 atom stereocenters. The van der Waals surface area contributed by atoms with E-state index < -0.39 is 40.4 Å². The number of benzene rings is 4. The molecule has 0 aliphatic carbocycles. The van der Waals surface area contributed by atoms with E-state index in [1.165, 1.54) is 101 Å². The van der Waals surface area contributed by atoms with Crippen LogP contribution in [0.3, 0.4) is 0 Å². The monoisotopic (exact) mass is 626 g/mol. The number of rotatable bonds is 8. The van der Waals surface area contributed by atoms with Gasteiger partial charge in [-0.15, -0.1) is 10.5 Å². The Morgan fingerprint density at radius 3 is 1.11 bits per heavy atom. The summed E-state index contributed by atoms with van der Waals surface area (Å²) >= 11 is 0. The van der Waals surface area contributed by atoms with Gasteiger partial charge < -0.3 is 18.9 Å². The lowest BCUT2D eigenvalue weighted by molar-refractivity contribution is -0.289. The summed E-state index contributed by atoms with van der Waals surface area (Å²) in [6, 6.07) is 14.6. The highest BCUT2D eigenvalue weighted by Gasteiger charge is 2.74. The zero-order chi connectivity index (χ0) is 33.2. The number of hydrogen-bond donors (Lipinski definition) is 0. The topological polar surface area (TPSA) is 84.5 Å². The molecule has 4 rings (SSSR count). The minimum atomic E-state index is -5.96. The molecule has 0 N–H and O–H groups in total. The summed E-state index contributed by atoms with van der Waals surface area (Å²) in [5, 5.41) is 17.4. The molecule has 232 valence electrons. The molecule has 0 heterocycles. The second-order valence-corrected chi connectivity index (χ2v) is 10.2. The highest BCUT2D eigenvalue weighted by molar-refractivity contribution is 5.62. The van der Waals surface area contributed by atoms with Crippen molar-refractivity contribution >= 4 is 0 Å². The quantitative estimate of drug-likeness (QED) is 0.143. The fraction of sp³-hybridized carbons (Fsp3) is 0.212. The molecule has 0 radical (unpaired) electrons. The molecule has 6 nitrogen and oxygen atoms in total. The molecule has 45 heavy (non-hydrogen) atoms. The molecule has 4 aromatic carbocycles. The van der Waals surface area contributed by atoms with Gasteiger partial charge in [-0.1, -0.05) is 35.4 Å². The predicted octanol–water partition coefficient (Wildman–Crippen LogP) is 9.64. The van der Waals surface area contributed by atoms with E-state index in [-0.39, 0.29) is 45.3 Å². The van der Waals surface area contributed by atoms with Crippen LogP contribution in [0.2, 0.25) is 0 Å². The Bertz CT molecular complexity index is 1650. The summed E-state index contributed by atoms with van der Waals surface area (Å²) < 4.78 is 114. The van der Waals surface area contributed by atoms with Gasteiger partial charge in [-0.05, 0) is 87.4 Å². The smallest absolute Gasteiger partial charge is 0.411 e. The van der Waals surface area contributed by atoms with Gasteiger partial charge in [0, 0.05) is 11.1 Å². The van der Waals surface area contributed by atoms with Crippen molar-refractivity contribution in [1.29, 1.82) is 10.5 Å². The SMILES string of the molecule is Cc1cc(C)c(Oc2ccc(OC#N)cc2)c(C(c2cc(C)cc(C)c2Oc2ccc(OC#N)cc2)(C(F)(F)F)C(F)(F)F)c1. The van der Waals surface area contributed by atoms with E-state index in [4.69, 9.17) is 29.5 Å². The average Bonchev–Trinajstić information content (AvgIpc) is 2.93. The van der Waals surface area contributed by atoms with E-state index >= 15 is 26.3 Å². The largest absolute Gasteiger partial charge is 0.457 e. The first-order valence-corrected chi connectivity index (χ1v) is 13.2. The minimum Gasteiger partial charge on any atom is -0.457 e. The van der Waals surface area contributed by atoms with Gasteiger partial charge >= 0.3 is 12.4 Å². The zero-order valence-corrected chi connectivity index (χ0v) is 24.2. The third-order valence-corrected chi connectivity index (χ3v) is 6.91. The van der Waals surface area contributed by atoms with E-state index in [9.17, 15) is 0 Å². The van der Waals surface area contributed by atoms with Gasteiger partial charge in [0.05, 0.1) is 0 Å². The molecule has 0 spiro atoms. The van der Waals surface area contributed by atoms with Crippen LogP contribution < -0.4 is 18.9 Å². The number of aryl methyl sites for hydroxylation is 4. The molecule has 12 heteroatoms. The lowest BCUT2D eigenvalue weighted by atomic mass is 9.70. The lowest BCUT2D eigenvalue weighted by Gasteiger charge is -2.40. The van der Waals surface area contributed by atoms with E-state index in [0.29, 0.717) is 0 Å². The van der Waals surface area contributed by atoms with Crippen molar-refractivity contribution in [3.8, 4) is 47.0 Å². The first-order chi connectivity index (χ1) is 21.1. The van der Waals surface area contributed by atoms with Crippen LogP contribution >= 0.6 is 0 Å². The Morgan fingerprint density at radius 2 is 0.822 bits per heavy atom. The van der Waals surface area contributed by atoms with Crippen LogP contribution in [0.15, 0.2) is 72.8 Å². The van der Waals surface area contributed by atoms with E-state index in [0.717, 1.165) is 12.1 Å². The Balaban J connectivity index is 2.06. The number of nitriles is 2. The summed E-state index contributed by atoms with van der Waals surface area (Å²) in [6.45, 7) is 5.46. The van der Waals surface area contributed by atoms with Crippen LogP contribution in [0, 0.1) is 50.7 Å². The zero-order valence-electron chi connectivity index (χ0n) is 24.2. The number of hydrogen-bond acceptors (Lipinski definition) is 6. The molecular formula is C33H24F6N2O4. The van der Waals surface area contributed by atoms with Gasteiger partial charge in [0.15, 0.2) is 0 Å². The van der Waals surface area contributed by atoms with E-state index in [1.54, 1.807) is 0 Å². The van der Waals surface area contributed by atoms with Crippen LogP contribution in [-0.4, -0.2) is 12.4 Å². The van der Waals surface area contributed by atoms with Gasteiger partial charge in [-0.25, -0.2) is 0 Å². The first kappa shape index (κ1) is 32.6. The number of nitrogens with zero attached hydrogens (tertiary/aromatic N) is 2. The van der Waals surface area contributed by atoms with Crippen LogP contribution in [0.25, 0.3) is 0 Å². The summed E-state index contributed by atoms with van der Waals surface area (Å²) in [6.07, 6.45) is -8.99. The van der Waals surface area contributed by atoms with Crippen molar-refractivity contribution in [2.45, 2.75) is 45.5 Å². The Labute approximate surface area is 254 Å². The summed E-state index contributed by atoms with van der Waals surface area (Å²) in [5.74, 6) is -1.32. The van der Waals surface area contributed by atoms with Gasteiger partial charge in [-0.2, -0.15) is 26.3 Å². The molecule has 4 aromatic rings. The molecule has 0 saturated carbocycles. The standard InChI is InChI=1S/C33H24F6N2O4/c1-19-13-21(3)29(44-25-9-5-23(6-10-25)42-17-40)27(15-19)31(32(34,35)36,33(37,38)39)28-16-20(2)14-22(4)30(28)45-26-11-7-24(8-12-26)43-18-41/h5-16H,1-4H3. The average molecular weight is 627 g/mol. The maximum absolute atomic E-state index is 15.6. The third kappa shape index (κ3) is 6.31. The lowest BCUT2D eigenvalue weighted by Crippen LogP contribution is -2.55. The van der Waals surface area contributed by atoms with Crippen molar-refractivity contribution in [2.75, 3.05) is 0 Å².